The summed E-state index contributed by atoms with van der Waals surface area (Å²) in [6.45, 7) is 0. The zero-order valence-corrected chi connectivity index (χ0v) is 21.3. The monoisotopic (exact) mass is 519 g/mol. The highest BCUT2D eigenvalue weighted by Gasteiger charge is 2.17. The van der Waals surface area contributed by atoms with Crippen LogP contribution in [0.5, 0.6) is 0 Å². The Bertz CT molecular complexity index is 1910. The Labute approximate surface area is 230 Å². The molecule has 0 aliphatic rings. The number of benzene rings is 5. The van der Waals surface area contributed by atoms with Crippen LogP contribution in [-0.4, -0.2) is 24.5 Å². The zero-order valence-electron chi connectivity index (χ0n) is 21.3. The molecule has 0 fully saturated rings. The first-order valence-electron chi connectivity index (χ1n) is 12.9. The third-order valence-electron chi connectivity index (χ3n) is 6.71. The number of nitrogens with zero attached hydrogens (tertiary/aromatic N) is 5. The molecule has 0 amide bonds. The molecule has 0 aliphatic carbocycles. The molecule has 6 heteroatoms. The van der Waals surface area contributed by atoms with E-state index in [1.807, 2.05) is 120 Å². The summed E-state index contributed by atoms with van der Waals surface area (Å²) < 4.78 is 16.3. The molecule has 0 aliphatic heterocycles. The van der Waals surface area contributed by atoms with Crippen molar-refractivity contribution in [3.05, 3.63) is 139 Å². The van der Waals surface area contributed by atoms with E-state index in [0.29, 0.717) is 28.9 Å². The molecule has 0 unspecified atom stereocenters. The molecule has 190 valence electrons. The Balaban J connectivity index is 1.42. The van der Waals surface area contributed by atoms with Gasteiger partial charge in [0.1, 0.15) is 11.6 Å². The van der Waals surface area contributed by atoms with Crippen LogP contribution in [0.25, 0.3) is 62.3 Å². The normalized spacial score (nSPS) is 11.1. The van der Waals surface area contributed by atoms with E-state index in [4.69, 9.17) is 19.9 Å². The van der Waals surface area contributed by atoms with Gasteiger partial charge in [-0.05, 0) is 36.4 Å². The van der Waals surface area contributed by atoms with Crippen molar-refractivity contribution in [1.82, 2.24) is 24.5 Å². The smallest absolute Gasteiger partial charge is 0.164 e. The third-order valence-corrected chi connectivity index (χ3v) is 6.71. The average molecular weight is 520 g/mol. The topological polar surface area (TPSA) is 56.5 Å². The van der Waals surface area contributed by atoms with Crippen molar-refractivity contribution in [3.63, 3.8) is 0 Å². The number of hydrogen-bond donors (Lipinski definition) is 0. The summed E-state index contributed by atoms with van der Waals surface area (Å²) in [5.74, 6) is 2.11. The fraction of sp³-hybridized carbons (Fsp3) is 0. The molecule has 0 N–H and O–H groups in total. The highest BCUT2D eigenvalue weighted by molar-refractivity contribution is 5.83. The van der Waals surface area contributed by atoms with E-state index in [9.17, 15) is 4.39 Å². The second kappa shape index (κ2) is 10.0. The average Bonchev–Trinajstić information content (AvgIpc) is 3.42. The summed E-state index contributed by atoms with van der Waals surface area (Å²) in [6, 6.07) is 42.2. The van der Waals surface area contributed by atoms with Gasteiger partial charge in [-0.1, -0.05) is 97.1 Å². The first kappa shape index (κ1) is 23.6. The number of imidazole rings is 1. The van der Waals surface area contributed by atoms with Crippen LogP contribution in [0.2, 0.25) is 0 Å². The number of rotatable bonds is 5. The van der Waals surface area contributed by atoms with Gasteiger partial charge in [-0.3, -0.25) is 4.57 Å². The van der Waals surface area contributed by atoms with Crippen LogP contribution in [0.3, 0.4) is 0 Å². The Hall–Kier alpha value is -5.49. The number of para-hydroxylation sites is 2. The second-order valence-electron chi connectivity index (χ2n) is 9.36. The van der Waals surface area contributed by atoms with E-state index >= 15 is 0 Å². The van der Waals surface area contributed by atoms with Gasteiger partial charge in [0.05, 0.1) is 11.0 Å². The van der Waals surface area contributed by atoms with Gasteiger partial charge in [-0.25, -0.2) is 24.3 Å². The Morgan fingerprint density at radius 1 is 0.450 bits per heavy atom. The minimum atomic E-state index is -0.308. The standard InChI is InChI=1S/C34H22FN5/c35-27-17-9-16-26(21-27)34-36-29-19-7-8-20-30(29)40(34)28-18-10-15-25(22-28)33-38-31(23-11-3-1-4-12-23)37-32(39-33)24-13-5-2-6-14-24/h1-22H. The molecule has 0 saturated carbocycles. The van der Waals surface area contributed by atoms with Gasteiger partial charge in [0.2, 0.25) is 0 Å². The van der Waals surface area contributed by atoms with Gasteiger partial charge in [0.25, 0.3) is 0 Å². The van der Waals surface area contributed by atoms with Gasteiger partial charge in [-0.2, -0.15) is 0 Å². The molecule has 0 atom stereocenters. The molecule has 7 aromatic rings. The molecule has 2 aromatic heterocycles. The Morgan fingerprint density at radius 2 is 1.00 bits per heavy atom. The fourth-order valence-corrected chi connectivity index (χ4v) is 4.83. The molecule has 0 bridgehead atoms. The summed E-state index contributed by atoms with van der Waals surface area (Å²) in [5.41, 5.74) is 5.96. The predicted molar refractivity (Wildman–Crippen MR) is 156 cm³/mol. The molecular formula is C34H22FN5. The van der Waals surface area contributed by atoms with E-state index in [1.165, 1.54) is 12.1 Å². The van der Waals surface area contributed by atoms with Crippen molar-refractivity contribution >= 4 is 11.0 Å². The lowest BCUT2D eigenvalue weighted by Gasteiger charge is -2.12. The van der Waals surface area contributed by atoms with Crippen LogP contribution in [0.1, 0.15) is 0 Å². The highest BCUT2D eigenvalue weighted by Crippen LogP contribution is 2.31. The lowest BCUT2D eigenvalue weighted by Crippen LogP contribution is -2.02. The molecule has 40 heavy (non-hydrogen) atoms. The minimum absolute atomic E-state index is 0.308. The van der Waals surface area contributed by atoms with Crippen molar-refractivity contribution in [2.45, 2.75) is 0 Å². The number of hydrogen-bond acceptors (Lipinski definition) is 4. The highest BCUT2D eigenvalue weighted by atomic mass is 19.1. The Morgan fingerprint density at radius 3 is 1.68 bits per heavy atom. The van der Waals surface area contributed by atoms with Gasteiger partial charge in [-0.15, -0.1) is 0 Å². The second-order valence-corrected chi connectivity index (χ2v) is 9.36. The van der Waals surface area contributed by atoms with Crippen molar-refractivity contribution < 1.29 is 4.39 Å². The molecule has 0 saturated heterocycles. The summed E-state index contributed by atoms with van der Waals surface area (Å²) in [5, 5.41) is 0. The first-order chi connectivity index (χ1) is 19.7. The van der Waals surface area contributed by atoms with Crippen LogP contribution in [0, 0.1) is 5.82 Å². The molecular weight excluding hydrogens is 497 g/mol. The van der Waals surface area contributed by atoms with E-state index in [-0.39, 0.29) is 5.82 Å². The third kappa shape index (κ3) is 4.41. The predicted octanol–water partition coefficient (Wildman–Crippen LogP) is 8.02. The zero-order chi connectivity index (χ0) is 26.9. The SMILES string of the molecule is Fc1cccc(-c2nc3ccccc3n2-c2cccc(-c3nc(-c4ccccc4)nc(-c4ccccc4)n3)c2)c1. The van der Waals surface area contributed by atoms with Gasteiger partial charge in [0.15, 0.2) is 17.5 Å². The molecule has 5 aromatic carbocycles. The van der Waals surface area contributed by atoms with Crippen LogP contribution in [0.4, 0.5) is 4.39 Å². The number of aromatic nitrogens is 5. The van der Waals surface area contributed by atoms with Crippen LogP contribution in [0.15, 0.2) is 133 Å². The van der Waals surface area contributed by atoms with Crippen molar-refractivity contribution in [3.8, 4) is 51.2 Å². The lowest BCUT2D eigenvalue weighted by molar-refractivity contribution is 0.628. The maximum Gasteiger partial charge on any atom is 0.164 e. The number of fused-ring (bicyclic) bond motifs is 1. The van der Waals surface area contributed by atoms with Crippen molar-refractivity contribution in [2.75, 3.05) is 0 Å². The Kier molecular flexibility index (Phi) is 5.90. The first-order valence-corrected chi connectivity index (χ1v) is 12.9. The lowest BCUT2D eigenvalue weighted by atomic mass is 10.1. The van der Waals surface area contributed by atoms with Gasteiger partial charge >= 0.3 is 0 Å². The van der Waals surface area contributed by atoms with Gasteiger partial charge < -0.3 is 0 Å². The number of halogens is 1. The summed E-state index contributed by atoms with van der Waals surface area (Å²) in [4.78, 5) is 19.4. The minimum Gasteiger partial charge on any atom is -0.292 e. The van der Waals surface area contributed by atoms with E-state index in [1.54, 1.807) is 6.07 Å². The van der Waals surface area contributed by atoms with Gasteiger partial charge in [0, 0.05) is 27.9 Å². The van der Waals surface area contributed by atoms with Crippen LogP contribution >= 0.6 is 0 Å². The maximum atomic E-state index is 14.2. The molecule has 2 heterocycles. The molecule has 5 nitrogen and oxygen atoms in total. The summed E-state index contributed by atoms with van der Waals surface area (Å²) >= 11 is 0. The quantitative estimate of drug-likeness (QED) is 0.231. The van der Waals surface area contributed by atoms with E-state index in [0.717, 1.165) is 33.4 Å². The van der Waals surface area contributed by atoms with Crippen LogP contribution in [-0.2, 0) is 0 Å². The maximum absolute atomic E-state index is 14.2. The summed E-state index contributed by atoms with van der Waals surface area (Å²) in [7, 11) is 0. The van der Waals surface area contributed by atoms with Crippen molar-refractivity contribution in [2.24, 2.45) is 0 Å². The van der Waals surface area contributed by atoms with Crippen molar-refractivity contribution in [1.29, 1.82) is 0 Å². The largest absolute Gasteiger partial charge is 0.292 e. The van der Waals surface area contributed by atoms with Crippen LogP contribution < -0.4 is 0 Å². The fourth-order valence-electron chi connectivity index (χ4n) is 4.83. The van der Waals surface area contributed by atoms with E-state index in [2.05, 4.69) is 0 Å². The molecule has 7 rings (SSSR count). The van der Waals surface area contributed by atoms with E-state index < -0.39 is 0 Å². The molecule has 0 radical (unpaired) electrons. The summed E-state index contributed by atoms with van der Waals surface area (Å²) in [6.07, 6.45) is 0. The molecule has 0 spiro atoms.